The van der Waals surface area contributed by atoms with Crippen LogP contribution in [0.1, 0.15) is 11.3 Å². The van der Waals surface area contributed by atoms with Crippen molar-refractivity contribution in [1.29, 1.82) is 5.26 Å². The highest BCUT2D eigenvalue weighted by atomic mass is 32.2. The molecule has 0 bridgehead atoms. The lowest BCUT2D eigenvalue weighted by molar-refractivity contribution is 0.954. The van der Waals surface area contributed by atoms with E-state index in [-0.39, 0.29) is 0 Å². The van der Waals surface area contributed by atoms with Crippen LogP contribution in [0.2, 0.25) is 0 Å². The Morgan fingerprint density at radius 2 is 1.91 bits per heavy atom. The fraction of sp³-hybridized carbons (Fsp3) is 0.118. The Balaban J connectivity index is 1.80. The monoisotopic (exact) mass is 306 g/mol. The van der Waals surface area contributed by atoms with E-state index in [1.54, 1.807) is 13.1 Å². The second-order valence-corrected chi connectivity index (χ2v) is 5.70. The maximum Gasteiger partial charge on any atom is 0.191 e. The third-order valence-electron chi connectivity index (χ3n) is 3.26. The van der Waals surface area contributed by atoms with Crippen LogP contribution in [-0.2, 0) is 5.75 Å². The SMILES string of the molecule is CNc1cc(C#N)nc(SCc2ccc3ccccc3c2)n1. The lowest BCUT2D eigenvalue weighted by Crippen LogP contribution is -1.98. The number of hydrogen-bond donors (Lipinski definition) is 1. The highest BCUT2D eigenvalue weighted by Gasteiger charge is 2.05. The van der Waals surface area contributed by atoms with E-state index in [0.717, 1.165) is 5.75 Å². The minimum Gasteiger partial charge on any atom is -0.373 e. The molecule has 0 saturated heterocycles. The number of rotatable bonds is 4. The van der Waals surface area contributed by atoms with Crippen LogP contribution in [0.3, 0.4) is 0 Å². The number of hydrogen-bond acceptors (Lipinski definition) is 5. The molecule has 1 aromatic heterocycles. The molecule has 2 aromatic carbocycles. The maximum atomic E-state index is 9.01. The van der Waals surface area contributed by atoms with E-state index in [1.807, 2.05) is 12.1 Å². The Morgan fingerprint density at radius 3 is 2.68 bits per heavy atom. The van der Waals surface area contributed by atoms with E-state index < -0.39 is 0 Å². The van der Waals surface area contributed by atoms with Crippen molar-refractivity contribution in [2.24, 2.45) is 0 Å². The Hall–Kier alpha value is -2.58. The van der Waals surface area contributed by atoms with Gasteiger partial charge in [-0.3, -0.25) is 0 Å². The van der Waals surface area contributed by atoms with Gasteiger partial charge < -0.3 is 5.32 Å². The molecule has 3 aromatic rings. The van der Waals surface area contributed by atoms with Gasteiger partial charge in [0.25, 0.3) is 0 Å². The molecule has 22 heavy (non-hydrogen) atoms. The Morgan fingerprint density at radius 1 is 1.09 bits per heavy atom. The summed E-state index contributed by atoms with van der Waals surface area (Å²) < 4.78 is 0. The summed E-state index contributed by atoms with van der Waals surface area (Å²) in [5.74, 6) is 1.43. The molecule has 0 aliphatic rings. The molecule has 4 nitrogen and oxygen atoms in total. The van der Waals surface area contributed by atoms with Gasteiger partial charge in [-0.25, -0.2) is 9.97 Å². The summed E-state index contributed by atoms with van der Waals surface area (Å²) >= 11 is 1.53. The van der Waals surface area contributed by atoms with Gasteiger partial charge in [0, 0.05) is 18.9 Å². The molecule has 0 atom stereocenters. The van der Waals surface area contributed by atoms with Gasteiger partial charge in [0.1, 0.15) is 17.6 Å². The first-order chi connectivity index (χ1) is 10.8. The molecule has 1 heterocycles. The van der Waals surface area contributed by atoms with Crippen molar-refractivity contribution in [3.05, 3.63) is 59.8 Å². The first-order valence-electron chi connectivity index (χ1n) is 6.86. The number of fused-ring (bicyclic) bond motifs is 1. The van der Waals surface area contributed by atoms with Crippen molar-refractivity contribution in [2.45, 2.75) is 10.9 Å². The smallest absolute Gasteiger partial charge is 0.191 e. The summed E-state index contributed by atoms with van der Waals surface area (Å²) in [6.45, 7) is 0. The fourth-order valence-corrected chi connectivity index (χ4v) is 2.95. The zero-order chi connectivity index (χ0) is 15.4. The maximum absolute atomic E-state index is 9.01. The van der Waals surface area contributed by atoms with Crippen LogP contribution in [0.5, 0.6) is 0 Å². The lowest BCUT2D eigenvalue weighted by Gasteiger charge is -2.05. The highest BCUT2D eigenvalue weighted by Crippen LogP contribution is 2.23. The van der Waals surface area contributed by atoms with E-state index in [1.165, 1.54) is 28.1 Å². The van der Waals surface area contributed by atoms with E-state index in [9.17, 15) is 0 Å². The van der Waals surface area contributed by atoms with Gasteiger partial charge in [0.2, 0.25) is 0 Å². The number of benzene rings is 2. The van der Waals surface area contributed by atoms with Gasteiger partial charge in [0.05, 0.1) is 0 Å². The zero-order valence-electron chi connectivity index (χ0n) is 12.1. The molecule has 0 unspecified atom stereocenters. The number of anilines is 1. The van der Waals surface area contributed by atoms with Crippen LogP contribution < -0.4 is 5.32 Å². The number of aromatic nitrogens is 2. The molecule has 0 aliphatic heterocycles. The molecule has 0 amide bonds. The minimum atomic E-state index is 0.375. The third kappa shape index (κ3) is 3.18. The molecular formula is C17H14N4S. The second kappa shape index (κ2) is 6.46. The van der Waals surface area contributed by atoms with E-state index in [0.29, 0.717) is 16.7 Å². The van der Waals surface area contributed by atoms with E-state index in [2.05, 4.69) is 51.7 Å². The number of nitrogens with zero attached hydrogens (tertiary/aromatic N) is 3. The van der Waals surface area contributed by atoms with Crippen LogP contribution in [0.15, 0.2) is 53.7 Å². The predicted octanol–water partition coefficient (Wildman–Crippen LogP) is 3.84. The van der Waals surface area contributed by atoms with Gasteiger partial charge in [-0.2, -0.15) is 5.26 Å². The summed E-state index contributed by atoms with van der Waals surface area (Å²) in [6.07, 6.45) is 0. The molecule has 5 heteroatoms. The van der Waals surface area contributed by atoms with Crippen LogP contribution in [0, 0.1) is 11.3 Å². The fourth-order valence-electron chi connectivity index (χ4n) is 2.15. The van der Waals surface area contributed by atoms with Gasteiger partial charge in [0.15, 0.2) is 5.16 Å². The van der Waals surface area contributed by atoms with Crippen molar-refractivity contribution in [1.82, 2.24) is 9.97 Å². The van der Waals surface area contributed by atoms with Gasteiger partial charge in [-0.05, 0) is 16.3 Å². The van der Waals surface area contributed by atoms with Crippen molar-refractivity contribution < 1.29 is 0 Å². The van der Waals surface area contributed by atoms with Crippen LogP contribution in [0.4, 0.5) is 5.82 Å². The molecule has 0 saturated carbocycles. The Labute approximate surface area is 133 Å². The van der Waals surface area contributed by atoms with E-state index >= 15 is 0 Å². The van der Waals surface area contributed by atoms with Crippen molar-refractivity contribution in [3.63, 3.8) is 0 Å². The first-order valence-corrected chi connectivity index (χ1v) is 7.84. The molecule has 3 rings (SSSR count). The lowest BCUT2D eigenvalue weighted by atomic mass is 10.1. The van der Waals surface area contributed by atoms with Crippen molar-refractivity contribution >= 4 is 28.4 Å². The number of thioether (sulfide) groups is 1. The number of nitriles is 1. The minimum absolute atomic E-state index is 0.375. The summed E-state index contributed by atoms with van der Waals surface area (Å²) in [5, 5.41) is 15.0. The average Bonchev–Trinajstić information content (AvgIpc) is 2.59. The summed E-state index contributed by atoms with van der Waals surface area (Å²) in [5.41, 5.74) is 1.58. The largest absolute Gasteiger partial charge is 0.373 e. The Bertz CT molecular complexity index is 855. The molecule has 0 fully saturated rings. The van der Waals surface area contributed by atoms with Crippen molar-refractivity contribution in [3.8, 4) is 6.07 Å². The second-order valence-electron chi connectivity index (χ2n) is 4.75. The summed E-state index contributed by atoms with van der Waals surface area (Å²) in [7, 11) is 1.78. The highest BCUT2D eigenvalue weighted by molar-refractivity contribution is 7.98. The van der Waals surface area contributed by atoms with Gasteiger partial charge in [-0.1, -0.05) is 54.2 Å². The molecule has 0 radical (unpaired) electrons. The topological polar surface area (TPSA) is 61.6 Å². The van der Waals surface area contributed by atoms with Gasteiger partial charge >= 0.3 is 0 Å². The van der Waals surface area contributed by atoms with Crippen LogP contribution >= 0.6 is 11.8 Å². The normalized spacial score (nSPS) is 10.4. The first kappa shape index (κ1) is 14.4. The predicted molar refractivity (Wildman–Crippen MR) is 89.8 cm³/mol. The van der Waals surface area contributed by atoms with Crippen LogP contribution in [-0.4, -0.2) is 17.0 Å². The molecule has 1 N–H and O–H groups in total. The van der Waals surface area contributed by atoms with Gasteiger partial charge in [-0.15, -0.1) is 0 Å². The standard InChI is InChI=1S/C17H14N4S/c1-19-16-9-15(10-18)20-17(21-16)22-11-12-6-7-13-4-2-3-5-14(13)8-12/h2-9H,11H2,1H3,(H,19,20,21). The Kier molecular flexibility index (Phi) is 4.22. The summed E-state index contributed by atoms with van der Waals surface area (Å²) in [6, 6.07) is 18.4. The number of nitrogens with one attached hydrogen (secondary N) is 1. The van der Waals surface area contributed by atoms with Crippen molar-refractivity contribution in [2.75, 3.05) is 12.4 Å². The molecule has 0 aliphatic carbocycles. The van der Waals surface area contributed by atoms with Crippen LogP contribution in [0.25, 0.3) is 10.8 Å². The molecule has 108 valence electrons. The molecule has 0 spiro atoms. The quantitative estimate of drug-likeness (QED) is 0.586. The summed E-state index contributed by atoms with van der Waals surface area (Å²) in [4.78, 5) is 8.59. The zero-order valence-corrected chi connectivity index (χ0v) is 12.9. The molecular weight excluding hydrogens is 292 g/mol. The average molecular weight is 306 g/mol. The third-order valence-corrected chi connectivity index (χ3v) is 4.18. The van der Waals surface area contributed by atoms with E-state index in [4.69, 9.17) is 5.26 Å².